The van der Waals surface area contributed by atoms with Gasteiger partial charge in [-0.1, -0.05) is 25.6 Å². The van der Waals surface area contributed by atoms with Crippen LogP contribution in [0.2, 0.25) is 0 Å². The first kappa shape index (κ1) is 9.43. The highest BCUT2D eigenvalue weighted by Gasteiger charge is 2.03. The molecule has 1 amide bonds. The Morgan fingerprint density at radius 3 is 2.60 bits per heavy atom. The van der Waals surface area contributed by atoms with Gasteiger partial charge in [-0.25, -0.2) is 0 Å². The van der Waals surface area contributed by atoms with Gasteiger partial charge in [-0.15, -0.1) is 0 Å². The molecule has 0 aromatic carbocycles. The fourth-order valence-electron chi connectivity index (χ4n) is 0.340. The number of carbonyl (C=O) groups excluding carboxylic acids is 1. The molecule has 0 rings (SSSR count). The second-order valence-corrected chi connectivity index (χ2v) is 3.16. The first-order chi connectivity index (χ1) is 4.68. The Hall–Kier alpha value is -0.573. The van der Waals surface area contributed by atoms with Gasteiger partial charge in [0.05, 0.1) is 0 Å². The van der Waals surface area contributed by atoms with Gasteiger partial charge in [0.2, 0.25) is 15.6 Å². The predicted octanol–water partition coefficient (Wildman–Crippen LogP) is 0.911. The maximum Gasteiger partial charge on any atom is 0.214 e. The molecule has 1 N–H and O–H groups in total. The normalized spacial score (nSPS) is 10.8. The zero-order valence-corrected chi connectivity index (χ0v) is 7.64. The molecule has 56 valence electrons. The van der Waals surface area contributed by atoms with Gasteiger partial charge < -0.3 is 4.98 Å². The molecule has 0 aliphatic heterocycles. The van der Waals surface area contributed by atoms with E-state index in [9.17, 15) is 4.79 Å². The van der Waals surface area contributed by atoms with Crippen LogP contribution >= 0.6 is 0 Å². The third-order valence-electron chi connectivity index (χ3n) is 0.970. The topological polar surface area (TPSA) is 29.1 Å². The van der Waals surface area contributed by atoms with Crippen LogP contribution in [-0.4, -0.2) is 15.6 Å². The number of hydrogen-bond donors (Lipinski definition) is 1. The summed E-state index contributed by atoms with van der Waals surface area (Å²) in [5.41, 5.74) is 1.94. The lowest BCUT2D eigenvalue weighted by molar-refractivity contribution is -0.122. The molecule has 0 aromatic heterocycles. The van der Waals surface area contributed by atoms with Crippen LogP contribution in [0.4, 0.5) is 0 Å². The Labute approximate surface area is 64.6 Å². The standard InChI is InChI=1S/C7H13NOSi/c1-4-5-10-8-7(9)6(2)3/h4-6H,1-3H3,(H,8,9). The van der Waals surface area contributed by atoms with E-state index in [1.807, 2.05) is 32.5 Å². The van der Waals surface area contributed by atoms with E-state index in [-0.39, 0.29) is 11.8 Å². The van der Waals surface area contributed by atoms with Gasteiger partial charge in [-0.3, -0.25) is 4.79 Å². The van der Waals surface area contributed by atoms with Crippen LogP contribution < -0.4 is 4.98 Å². The highest BCUT2D eigenvalue weighted by Crippen LogP contribution is 1.88. The zero-order valence-electron chi connectivity index (χ0n) is 6.64. The van der Waals surface area contributed by atoms with Crippen molar-refractivity contribution in [2.45, 2.75) is 20.8 Å². The number of hydrogen-bond acceptors (Lipinski definition) is 1. The first-order valence-electron chi connectivity index (χ1n) is 3.35. The fraction of sp³-hybridized carbons (Fsp3) is 0.571. The number of amides is 1. The molecular formula is C7H13NOSi. The molecule has 10 heavy (non-hydrogen) atoms. The Balaban J connectivity index is 3.40. The van der Waals surface area contributed by atoms with Crippen molar-refractivity contribution in [3.8, 4) is 0 Å². The van der Waals surface area contributed by atoms with Gasteiger partial charge in [0.15, 0.2) is 0 Å². The maximum absolute atomic E-state index is 10.9. The number of rotatable bonds is 3. The molecule has 0 saturated carbocycles. The van der Waals surface area contributed by atoms with Gasteiger partial charge in [0.1, 0.15) is 0 Å². The van der Waals surface area contributed by atoms with Crippen molar-refractivity contribution in [2.24, 2.45) is 5.92 Å². The molecule has 0 aliphatic carbocycles. The van der Waals surface area contributed by atoms with E-state index in [1.54, 1.807) is 0 Å². The Bertz CT molecular complexity index is 132. The van der Waals surface area contributed by atoms with Gasteiger partial charge in [0.25, 0.3) is 0 Å². The van der Waals surface area contributed by atoms with Crippen molar-refractivity contribution in [1.29, 1.82) is 0 Å². The molecule has 3 heteroatoms. The summed E-state index contributed by atoms with van der Waals surface area (Å²) < 4.78 is 0. The Morgan fingerprint density at radius 2 is 2.20 bits per heavy atom. The zero-order chi connectivity index (χ0) is 7.98. The van der Waals surface area contributed by atoms with E-state index in [2.05, 4.69) is 4.98 Å². The predicted molar refractivity (Wildman–Crippen MR) is 43.5 cm³/mol. The smallest absolute Gasteiger partial charge is 0.214 e. The summed E-state index contributed by atoms with van der Waals surface area (Å²) in [6, 6.07) is 0. The average Bonchev–Trinajstić information content (AvgIpc) is 1.88. The molecule has 0 saturated heterocycles. The van der Waals surface area contributed by atoms with E-state index in [1.165, 1.54) is 0 Å². The molecule has 2 radical (unpaired) electrons. The second kappa shape index (κ2) is 5.23. The fourth-order valence-corrected chi connectivity index (χ4v) is 1.02. The number of carbonyl (C=O) groups is 1. The van der Waals surface area contributed by atoms with E-state index in [0.29, 0.717) is 9.68 Å². The average molecular weight is 155 g/mol. The minimum absolute atomic E-state index is 0.0951. The monoisotopic (exact) mass is 155 g/mol. The summed E-state index contributed by atoms with van der Waals surface area (Å²) in [5.74, 6) is 0.217. The lowest BCUT2D eigenvalue weighted by Crippen LogP contribution is -2.30. The largest absolute Gasteiger partial charge is 0.378 e. The van der Waals surface area contributed by atoms with E-state index in [0.717, 1.165) is 0 Å². The molecular weight excluding hydrogens is 142 g/mol. The minimum atomic E-state index is 0.0951. The Kier molecular flexibility index (Phi) is 4.93. The summed E-state index contributed by atoms with van der Waals surface area (Å²) in [6.45, 7) is 5.71. The number of nitrogens with one attached hydrogen (secondary N) is 1. The summed E-state index contributed by atoms with van der Waals surface area (Å²) in [4.78, 5) is 13.7. The maximum atomic E-state index is 10.9. The van der Waals surface area contributed by atoms with E-state index >= 15 is 0 Å². The third-order valence-corrected chi connectivity index (χ3v) is 1.86. The summed E-state index contributed by atoms with van der Waals surface area (Å²) >= 11 is 0. The molecule has 0 spiro atoms. The van der Waals surface area contributed by atoms with Gasteiger partial charge in [0, 0.05) is 5.92 Å². The molecule has 0 bridgehead atoms. The molecule has 0 heterocycles. The van der Waals surface area contributed by atoms with Gasteiger partial charge in [-0.2, -0.15) is 0 Å². The van der Waals surface area contributed by atoms with Crippen LogP contribution in [0.3, 0.4) is 0 Å². The SMILES string of the molecule is CC=C[Si]NC(=O)C(C)C. The van der Waals surface area contributed by atoms with E-state index in [4.69, 9.17) is 0 Å². The summed E-state index contributed by atoms with van der Waals surface area (Å²) in [6.07, 6.45) is 1.93. The summed E-state index contributed by atoms with van der Waals surface area (Å²) in [7, 11) is 0.425. The summed E-state index contributed by atoms with van der Waals surface area (Å²) in [5, 5.41) is 0. The van der Waals surface area contributed by atoms with Crippen LogP contribution in [0.25, 0.3) is 0 Å². The van der Waals surface area contributed by atoms with Crippen molar-refractivity contribution in [2.75, 3.05) is 0 Å². The van der Waals surface area contributed by atoms with Crippen molar-refractivity contribution >= 4 is 15.6 Å². The molecule has 2 nitrogen and oxygen atoms in total. The van der Waals surface area contributed by atoms with Crippen LogP contribution in [-0.2, 0) is 4.79 Å². The second-order valence-electron chi connectivity index (χ2n) is 2.29. The van der Waals surface area contributed by atoms with E-state index < -0.39 is 0 Å². The van der Waals surface area contributed by atoms with Crippen LogP contribution in [0.5, 0.6) is 0 Å². The van der Waals surface area contributed by atoms with Gasteiger partial charge >= 0.3 is 0 Å². The lowest BCUT2D eigenvalue weighted by atomic mass is 10.2. The lowest BCUT2D eigenvalue weighted by Gasteiger charge is -2.02. The van der Waals surface area contributed by atoms with Crippen molar-refractivity contribution in [3.05, 3.63) is 11.8 Å². The molecule has 0 aliphatic rings. The first-order valence-corrected chi connectivity index (χ1v) is 4.42. The number of allylic oxidation sites excluding steroid dienone is 1. The molecule has 0 fully saturated rings. The minimum Gasteiger partial charge on any atom is -0.378 e. The highest BCUT2D eigenvalue weighted by molar-refractivity contribution is 6.43. The molecule has 0 aromatic rings. The highest BCUT2D eigenvalue weighted by atomic mass is 28.2. The van der Waals surface area contributed by atoms with Crippen molar-refractivity contribution in [3.63, 3.8) is 0 Å². The van der Waals surface area contributed by atoms with Crippen LogP contribution in [0, 0.1) is 5.92 Å². The third kappa shape index (κ3) is 4.32. The van der Waals surface area contributed by atoms with Crippen molar-refractivity contribution < 1.29 is 4.79 Å². The van der Waals surface area contributed by atoms with Crippen LogP contribution in [0.1, 0.15) is 20.8 Å². The van der Waals surface area contributed by atoms with Gasteiger partial charge in [-0.05, 0) is 6.92 Å². The Morgan fingerprint density at radius 1 is 1.60 bits per heavy atom. The van der Waals surface area contributed by atoms with Crippen LogP contribution in [0.15, 0.2) is 11.8 Å². The van der Waals surface area contributed by atoms with Crippen molar-refractivity contribution in [1.82, 2.24) is 4.98 Å². The molecule has 0 unspecified atom stereocenters. The molecule has 0 atom stereocenters. The quantitative estimate of drug-likeness (QED) is 0.603.